The molecule has 0 saturated carbocycles. The summed E-state index contributed by atoms with van der Waals surface area (Å²) in [5.74, 6) is 0.559. The summed E-state index contributed by atoms with van der Waals surface area (Å²) < 4.78 is 11.7. The average Bonchev–Trinajstić information content (AvgIpc) is 3.02. The van der Waals surface area contributed by atoms with Gasteiger partial charge in [-0.3, -0.25) is 4.40 Å². The van der Waals surface area contributed by atoms with Crippen molar-refractivity contribution in [1.29, 1.82) is 0 Å². The molecule has 0 bridgehead atoms. The number of imidazole rings is 1. The first kappa shape index (κ1) is 13.0. The molecule has 3 rings (SSSR count). The molecule has 0 unspecified atom stereocenters. The van der Waals surface area contributed by atoms with Gasteiger partial charge in [0, 0.05) is 6.20 Å². The minimum Gasteiger partial charge on any atom is -0.465 e. The van der Waals surface area contributed by atoms with Gasteiger partial charge < -0.3 is 9.15 Å². The van der Waals surface area contributed by atoms with Gasteiger partial charge in [-0.05, 0) is 35.9 Å². The van der Waals surface area contributed by atoms with Crippen molar-refractivity contribution in [1.82, 2.24) is 9.38 Å². The van der Waals surface area contributed by atoms with Crippen LogP contribution in [0.4, 0.5) is 0 Å². The maximum Gasteiger partial charge on any atom is 0.337 e. The largest absolute Gasteiger partial charge is 0.465 e. The van der Waals surface area contributed by atoms with Gasteiger partial charge in [-0.25, -0.2) is 9.78 Å². The van der Waals surface area contributed by atoms with E-state index < -0.39 is 5.97 Å². The summed E-state index contributed by atoms with van der Waals surface area (Å²) in [6.45, 7) is 0. The molecule has 102 valence electrons. The van der Waals surface area contributed by atoms with Crippen LogP contribution in [-0.4, -0.2) is 22.5 Å². The van der Waals surface area contributed by atoms with Gasteiger partial charge in [0.15, 0.2) is 22.0 Å². The van der Waals surface area contributed by atoms with E-state index in [1.807, 2.05) is 0 Å². The highest BCUT2D eigenvalue weighted by Crippen LogP contribution is 2.29. The molecule has 5 nitrogen and oxygen atoms in total. The molecule has 0 fully saturated rings. The van der Waals surface area contributed by atoms with E-state index in [-0.39, 0.29) is 10.4 Å². The number of methoxy groups -OCH3 is 1. The van der Waals surface area contributed by atoms with Crippen LogP contribution in [0.1, 0.15) is 10.4 Å². The fourth-order valence-corrected chi connectivity index (χ4v) is 2.27. The number of hydrogen-bond acceptors (Lipinski definition) is 4. The van der Waals surface area contributed by atoms with E-state index in [0.717, 1.165) is 0 Å². The van der Waals surface area contributed by atoms with Crippen LogP contribution in [0, 0.1) is 0 Å². The highest BCUT2D eigenvalue weighted by molar-refractivity contribution is 6.33. The van der Waals surface area contributed by atoms with Gasteiger partial charge in [-0.15, -0.1) is 0 Å². The van der Waals surface area contributed by atoms with Gasteiger partial charge in [0.2, 0.25) is 0 Å². The van der Waals surface area contributed by atoms with Crippen molar-refractivity contribution >= 4 is 34.7 Å². The van der Waals surface area contributed by atoms with Gasteiger partial charge in [0.25, 0.3) is 0 Å². The number of hydrogen-bond donors (Lipinski definition) is 0. The molecule has 7 heteroatoms. The molecule has 3 aromatic heterocycles. The third kappa shape index (κ3) is 2.05. The van der Waals surface area contributed by atoms with Crippen LogP contribution < -0.4 is 0 Å². The molecule has 3 heterocycles. The molecule has 0 aromatic carbocycles. The van der Waals surface area contributed by atoms with Crippen LogP contribution in [0.25, 0.3) is 17.1 Å². The van der Waals surface area contributed by atoms with E-state index in [9.17, 15) is 4.79 Å². The molecule has 0 aliphatic rings. The van der Waals surface area contributed by atoms with E-state index in [4.69, 9.17) is 27.6 Å². The van der Waals surface area contributed by atoms with Crippen molar-refractivity contribution in [3.05, 3.63) is 46.4 Å². The smallest absolute Gasteiger partial charge is 0.337 e. The molecule has 3 aromatic rings. The number of aromatic nitrogens is 2. The van der Waals surface area contributed by atoms with Crippen molar-refractivity contribution in [2.24, 2.45) is 0 Å². The summed E-state index contributed by atoms with van der Waals surface area (Å²) in [5.41, 5.74) is 0.975. The van der Waals surface area contributed by atoms with Crippen LogP contribution >= 0.6 is 23.2 Å². The first-order valence-corrected chi connectivity index (χ1v) is 6.37. The lowest BCUT2D eigenvalue weighted by Gasteiger charge is -2.01. The maximum atomic E-state index is 11.5. The third-order valence-corrected chi connectivity index (χ3v) is 3.29. The lowest BCUT2D eigenvalue weighted by atomic mass is 10.2. The maximum absolute atomic E-state index is 11.5. The normalized spacial score (nSPS) is 10.9. The van der Waals surface area contributed by atoms with Crippen LogP contribution in [0.2, 0.25) is 10.4 Å². The molecular weight excluding hydrogens is 303 g/mol. The highest BCUT2D eigenvalue weighted by Gasteiger charge is 2.16. The molecule has 0 aliphatic heterocycles. The summed E-state index contributed by atoms with van der Waals surface area (Å²) in [7, 11) is 1.32. The average molecular weight is 311 g/mol. The second kappa shape index (κ2) is 4.85. The first-order valence-electron chi connectivity index (χ1n) is 5.62. The van der Waals surface area contributed by atoms with Crippen molar-refractivity contribution in [2.75, 3.05) is 7.11 Å². The Hall–Kier alpha value is -1.98. The number of nitrogens with zero attached hydrogens (tertiary/aromatic N) is 2. The van der Waals surface area contributed by atoms with Gasteiger partial charge in [-0.1, -0.05) is 11.6 Å². The Morgan fingerprint density at radius 3 is 2.80 bits per heavy atom. The molecule has 0 spiro atoms. The molecule has 20 heavy (non-hydrogen) atoms. The zero-order chi connectivity index (χ0) is 14.3. The topological polar surface area (TPSA) is 56.7 Å². The van der Waals surface area contributed by atoms with Gasteiger partial charge in [0.05, 0.1) is 18.2 Å². The van der Waals surface area contributed by atoms with E-state index in [1.165, 1.54) is 7.11 Å². The first-order chi connectivity index (χ1) is 9.60. The van der Waals surface area contributed by atoms with E-state index in [0.29, 0.717) is 22.7 Å². The number of carbonyl (C=O) groups is 1. The van der Waals surface area contributed by atoms with Crippen LogP contribution in [0.15, 0.2) is 34.9 Å². The number of carbonyl (C=O) groups excluding carboxylic acids is 1. The van der Waals surface area contributed by atoms with Gasteiger partial charge in [0.1, 0.15) is 0 Å². The summed E-state index contributed by atoms with van der Waals surface area (Å²) >= 11 is 11.9. The lowest BCUT2D eigenvalue weighted by Crippen LogP contribution is -2.01. The predicted molar refractivity (Wildman–Crippen MR) is 74.3 cm³/mol. The molecule has 0 atom stereocenters. The van der Waals surface area contributed by atoms with Crippen LogP contribution in [0.3, 0.4) is 0 Å². The lowest BCUT2D eigenvalue weighted by molar-refractivity contribution is 0.0601. The highest BCUT2D eigenvalue weighted by atomic mass is 35.5. The summed E-state index contributed by atoms with van der Waals surface area (Å²) in [5, 5.41) is 0.525. The van der Waals surface area contributed by atoms with E-state index in [2.05, 4.69) is 9.72 Å². The molecule has 0 amide bonds. The Kier molecular flexibility index (Phi) is 3.16. The monoisotopic (exact) mass is 310 g/mol. The number of ether oxygens (including phenoxy) is 1. The minimum atomic E-state index is -0.438. The number of halogens is 2. The Balaban J connectivity index is 2.19. The number of furan rings is 1. The number of rotatable bonds is 2. The van der Waals surface area contributed by atoms with E-state index in [1.54, 1.807) is 34.9 Å². The second-order valence-corrected chi connectivity index (χ2v) is 4.72. The zero-order valence-electron chi connectivity index (χ0n) is 10.3. The number of pyridine rings is 1. The molecule has 0 aliphatic carbocycles. The van der Waals surface area contributed by atoms with Crippen LogP contribution in [0.5, 0.6) is 0 Å². The number of fused-ring (bicyclic) bond motifs is 1. The SMILES string of the molecule is COC(=O)c1ccn2c(-c3ccc(Cl)o3)nc(Cl)c2c1. The third-order valence-electron chi connectivity index (χ3n) is 2.81. The standard InChI is InChI=1S/C13H8Cl2N2O3/c1-19-13(18)7-4-5-17-8(6-7)11(15)16-12(17)9-2-3-10(14)20-9/h2-6H,1H3. The summed E-state index contributed by atoms with van der Waals surface area (Å²) in [6, 6.07) is 6.54. The molecule has 0 N–H and O–H groups in total. The van der Waals surface area contributed by atoms with E-state index >= 15 is 0 Å². The Bertz CT molecular complexity index is 807. The Morgan fingerprint density at radius 1 is 1.35 bits per heavy atom. The minimum absolute atomic E-state index is 0.262. The molecular formula is C13H8Cl2N2O3. The molecule has 0 radical (unpaired) electrons. The van der Waals surface area contributed by atoms with Crippen molar-refractivity contribution in [3.8, 4) is 11.6 Å². The van der Waals surface area contributed by atoms with Crippen molar-refractivity contribution < 1.29 is 13.9 Å². The summed E-state index contributed by atoms with van der Waals surface area (Å²) in [4.78, 5) is 15.7. The fourth-order valence-electron chi connectivity index (χ4n) is 1.90. The Labute approximate surface area is 123 Å². The quantitative estimate of drug-likeness (QED) is 0.677. The summed E-state index contributed by atoms with van der Waals surface area (Å²) in [6.07, 6.45) is 1.67. The van der Waals surface area contributed by atoms with Gasteiger partial charge in [-0.2, -0.15) is 0 Å². The zero-order valence-corrected chi connectivity index (χ0v) is 11.8. The van der Waals surface area contributed by atoms with Crippen molar-refractivity contribution in [3.63, 3.8) is 0 Å². The second-order valence-electron chi connectivity index (χ2n) is 3.99. The molecule has 0 saturated heterocycles. The predicted octanol–water partition coefficient (Wildman–Crippen LogP) is 3.69. The van der Waals surface area contributed by atoms with Crippen LogP contribution in [-0.2, 0) is 4.74 Å². The Morgan fingerprint density at radius 2 is 2.15 bits per heavy atom. The van der Waals surface area contributed by atoms with Gasteiger partial charge >= 0.3 is 5.97 Å². The number of esters is 1. The van der Waals surface area contributed by atoms with Crippen molar-refractivity contribution in [2.45, 2.75) is 0 Å². The fraction of sp³-hybridized carbons (Fsp3) is 0.0769.